The Bertz CT molecular complexity index is 413. The predicted octanol–water partition coefficient (Wildman–Crippen LogP) is 1.75. The number of anilines is 1. The molecule has 0 spiro atoms. The summed E-state index contributed by atoms with van der Waals surface area (Å²) in [5.74, 6) is 1.22. The van der Waals surface area contributed by atoms with Gasteiger partial charge in [-0.2, -0.15) is 0 Å². The SMILES string of the molecule is C=CC(C=Nc1cccc(NSN)n1)=CN. The van der Waals surface area contributed by atoms with Crippen molar-refractivity contribution in [3.8, 4) is 0 Å². The van der Waals surface area contributed by atoms with Gasteiger partial charge in [0.25, 0.3) is 0 Å². The fourth-order valence-electron chi connectivity index (χ4n) is 0.917. The van der Waals surface area contributed by atoms with Crippen LogP contribution in [0.15, 0.2) is 47.6 Å². The number of pyridine rings is 1. The van der Waals surface area contributed by atoms with Gasteiger partial charge in [0.2, 0.25) is 0 Å². The Balaban J connectivity index is 2.80. The summed E-state index contributed by atoms with van der Waals surface area (Å²) in [6.07, 6.45) is 4.63. The van der Waals surface area contributed by atoms with E-state index >= 15 is 0 Å². The first kappa shape index (κ1) is 12.3. The lowest BCUT2D eigenvalue weighted by atomic mass is 10.3. The summed E-state index contributed by atoms with van der Waals surface area (Å²) < 4.78 is 2.81. The molecular weight excluding hydrogens is 222 g/mol. The van der Waals surface area contributed by atoms with Gasteiger partial charge in [-0.3, -0.25) is 5.14 Å². The molecule has 0 atom stereocenters. The maximum atomic E-state index is 5.35. The monoisotopic (exact) mass is 235 g/mol. The van der Waals surface area contributed by atoms with E-state index in [4.69, 9.17) is 10.9 Å². The summed E-state index contributed by atoms with van der Waals surface area (Å²) in [5.41, 5.74) is 6.08. The zero-order chi connectivity index (χ0) is 11.8. The van der Waals surface area contributed by atoms with E-state index in [9.17, 15) is 0 Å². The van der Waals surface area contributed by atoms with Crippen molar-refractivity contribution in [1.29, 1.82) is 0 Å². The molecule has 0 aliphatic carbocycles. The van der Waals surface area contributed by atoms with E-state index in [0.29, 0.717) is 11.6 Å². The summed E-state index contributed by atoms with van der Waals surface area (Å²) in [6.45, 7) is 3.60. The van der Waals surface area contributed by atoms with Gasteiger partial charge < -0.3 is 10.5 Å². The molecule has 1 aromatic heterocycles. The topological polar surface area (TPSA) is 89.3 Å². The van der Waals surface area contributed by atoms with E-state index in [1.54, 1.807) is 24.4 Å². The summed E-state index contributed by atoms with van der Waals surface area (Å²) in [4.78, 5) is 8.34. The minimum absolute atomic E-state index is 0.570. The van der Waals surface area contributed by atoms with Crippen molar-refractivity contribution in [2.45, 2.75) is 0 Å². The Morgan fingerprint density at radius 2 is 2.38 bits per heavy atom. The number of allylic oxidation sites excluding steroid dienone is 2. The average molecular weight is 235 g/mol. The van der Waals surface area contributed by atoms with E-state index in [2.05, 4.69) is 21.3 Å². The molecule has 0 radical (unpaired) electrons. The Morgan fingerprint density at radius 3 is 3.00 bits per heavy atom. The van der Waals surface area contributed by atoms with Gasteiger partial charge in [0.1, 0.15) is 5.82 Å². The third-order valence-electron chi connectivity index (χ3n) is 1.67. The van der Waals surface area contributed by atoms with Crippen LogP contribution in [0.1, 0.15) is 0 Å². The Labute approximate surface area is 98.6 Å². The molecule has 0 amide bonds. The van der Waals surface area contributed by atoms with Crippen molar-refractivity contribution >= 4 is 30.0 Å². The molecule has 16 heavy (non-hydrogen) atoms. The third kappa shape index (κ3) is 3.76. The number of nitrogens with one attached hydrogen (secondary N) is 1. The van der Waals surface area contributed by atoms with Crippen LogP contribution in [0.25, 0.3) is 0 Å². The standard InChI is InChI=1S/C10H13N5S/c1-2-8(6-11)7-13-9-4-3-5-10(14-9)15-16-12/h2-7H,1,11-12H2,(H,14,15). The highest BCUT2D eigenvalue weighted by atomic mass is 32.2. The van der Waals surface area contributed by atoms with Gasteiger partial charge in [-0.25, -0.2) is 9.98 Å². The molecule has 0 fully saturated rings. The van der Waals surface area contributed by atoms with Crippen LogP contribution >= 0.6 is 12.1 Å². The van der Waals surface area contributed by atoms with Crippen LogP contribution in [0, 0.1) is 0 Å². The van der Waals surface area contributed by atoms with E-state index in [1.807, 2.05) is 6.07 Å². The van der Waals surface area contributed by atoms with Crippen molar-refractivity contribution in [2.75, 3.05) is 4.72 Å². The van der Waals surface area contributed by atoms with E-state index in [-0.39, 0.29) is 0 Å². The number of nitrogens with two attached hydrogens (primary N) is 2. The van der Waals surface area contributed by atoms with Crippen molar-refractivity contribution in [1.82, 2.24) is 4.98 Å². The van der Waals surface area contributed by atoms with Crippen LogP contribution in [-0.2, 0) is 0 Å². The maximum Gasteiger partial charge on any atom is 0.154 e. The van der Waals surface area contributed by atoms with Crippen LogP contribution in [0.4, 0.5) is 11.6 Å². The molecule has 0 aliphatic rings. The molecule has 0 aliphatic heterocycles. The minimum Gasteiger partial charge on any atom is -0.404 e. The summed E-state index contributed by atoms with van der Waals surface area (Å²) in [6, 6.07) is 5.41. The lowest BCUT2D eigenvalue weighted by molar-refractivity contribution is 1.29. The number of aliphatic imine (C=N–C) groups is 1. The molecule has 5 nitrogen and oxygen atoms in total. The number of aromatic nitrogens is 1. The molecule has 0 saturated heterocycles. The van der Waals surface area contributed by atoms with E-state index in [1.165, 1.54) is 6.20 Å². The normalized spacial score (nSPS) is 11.7. The van der Waals surface area contributed by atoms with E-state index < -0.39 is 0 Å². The van der Waals surface area contributed by atoms with Gasteiger partial charge in [0.15, 0.2) is 5.82 Å². The highest BCUT2D eigenvalue weighted by molar-refractivity contribution is 7.98. The molecule has 6 heteroatoms. The third-order valence-corrected chi connectivity index (χ3v) is 2.00. The van der Waals surface area contributed by atoms with Crippen LogP contribution in [0.5, 0.6) is 0 Å². The van der Waals surface area contributed by atoms with Gasteiger partial charge >= 0.3 is 0 Å². The number of nitrogens with zero attached hydrogens (tertiary/aromatic N) is 2. The Morgan fingerprint density at radius 1 is 1.56 bits per heavy atom. The zero-order valence-corrected chi connectivity index (χ0v) is 9.45. The highest BCUT2D eigenvalue weighted by Gasteiger charge is 1.94. The summed E-state index contributed by atoms with van der Waals surface area (Å²) >= 11 is 0.985. The largest absolute Gasteiger partial charge is 0.404 e. The second-order valence-electron chi connectivity index (χ2n) is 2.73. The Kier molecular flexibility index (Phi) is 5.10. The first-order valence-electron chi connectivity index (χ1n) is 4.47. The fourth-order valence-corrected chi connectivity index (χ4v) is 1.15. The molecule has 1 heterocycles. The number of hydrogen-bond donors (Lipinski definition) is 3. The second kappa shape index (κ2) is 6.65. The average Bonchev–Trinajstić information content (AvgIpc) is 2.31. The fraction of sp³-hybridized carbons (Fsp3) is 0. The van der Waals surface area contributed by atoms with Gasteiger partial charge in [0.05, 0.1) is 0 Å². The van der Waals surface area contributed by atoms with Crippen molar-refractivity contribution in [3.63, 3.8) is 0 Å². The highest BCUT2D eigenvalue weighted by Crippen LogP contribution is 2.13. The lowest BCUT2D eigenvalue weighted by Gasteiger charge is -2.00. The molecular formula is C10H13N5S. The molecule has 0 saturated carbocycles. The zero-order valence-electron chi connectivity index (χ0n) is 8.63. The summed E-state index contributed by atoms with van der Waals surface area (Å²) in [5, 5.41) is 5.26. The Hall–Kier alpha value is -1.79. The van der Waals surface area contributed by atoms with Crippen LogP contribution in [0.3, 0.4) is 0 Å². The molecule has 0 bridgehead atoms. The quantitative estimate of drug-likeness (QED) is 0.411. The van der Waals surface area contributed by atoms with Crippen LogP contribution in [-0.4, -0.2) is 11.2 Å². The van der Waals surface area contributed by atoms with Crippen LogP contribution < -0.4 is 15.6 Å². The first-order chi connectivity index (χ1) is 7.80. The summed E-state index contributed by atoms with van der Waals surface area (Å²) in [7, 11) is 0. The van der Waals surface area contributed by atoms with Crippen molar-refractivity contribution in [3.05, 3.63) is 42.6 Å². The van der Waals surface area contributed by atoms with E-state index in [0.717, 1.165) is 17.7 Å². The number of hydrogen-bond acceptors (Lipinski definition) is 6. The molecule has 1 rings (SSSR count). The molecule has 0 aromatic carbocycles. The molecule has 1 aromatic rings. The molecule has 0 unspecified atom stereocenters. The second-order valence-corrected chi connectivity index (χ2v) is 3.17. The first-order valence-corrected chi connectivity index (χ1v) is 5.35. The van der Waals surface area contributed by atoms with Crippen molar-refractivity contribution in [2.24, 2.45) is 15.9 Å². The van der Waals surface area contributed by atoms with Gasteiger partial charge in [-0.05, 0) is 12.1 Å². The minimum atomic E-state index is 0.570. The van der Waals surface area contributed by atoms with Gasteiger partial charge in [-0.15, -0.1) is 0 Å². The van der Waals surface area contributed by atoms with Gasteiger partial charge in [-0.1, -0.05) is 18.7 Å². The lowest BCUT2D eigenvalue weighted by Crippen LogP contribution is -1.94. The van der Waals surface area contributed by atoms with Crippen molar-refractivity contribution < 1.29 is 0 Å². The predicted molar refractivity (Wildman–Crippen MR) is 70.3 cm³/mol. The maximum absolute atomic E-state index is 5.35. The van der Waals surface area contributed by atoms with Crippen LogP contribution in [0.2, 0.25) is 0 Å². The molecule has 5 N–H and O–H groups in total. The molecule has 84 valence electrons. The smallest absolute Gasteiger partial charge is 0.154 e. The number of rotatable bonds is 5. The van der Waals surface area contributed by atoms with Gasteiger partial charge in [0, 0.05) is 30.1 Å².